The number of hydrogen-bond acceptors (Lipinski definition) is 1. The summed E-state index contributed by atoms with van der Waals surface area (Å²) in [6, 6.07) is 10.2. The Morgan fingerprint density at radius 1 is 1.15 bits per heavy atom. The minimum atomic E-state index is 0.890. The van der Waals surface area contributed by atoms with Crippen LogP contribution in [0.1, 0.15) is 11.5 Å². The standard InChI is InChI=1S/C18H18N2/c1-4-6-11-15(10-5-2)17-18(20-14(3)19-17)16-12-8-7-9-13-16/h4-13H,1-2H2,3H3,(H,19,20)/b11-6-,15-10+. The minimum absolute atomic E-state index is 0.890. The highest BCUT2D eigenvalue weighted by Gasteiger charge is 2.12. The molecule has 2 nitrogen and oxygen atoms in total. The molecule has 0 saturated carbocycles. The number of aromatic nitrogens is 2. The van der Waals surface area contributed by atoms with E-state index in [0.717, 1.165) is 28.3 Å². The molecule has 0 saturated heterocycles. The van der Waals surface area contributed by atoms with E-state index >= 15 is 0 Å². The lowest BCUT2D eigenvalue weighted by Gasteiger charge is -2.03. The van der Waals surface area contributed by atoms with Crippen molar-refractivity contribution in [1.29, 1.82) is 0 Å². The molecule has 0 atom stereocenters. The number of hydrogen-bond donors (Lipinski definition) is 1. The molecule has 0 radical (unpaired) electrons. The summed E-state index contributed by atoms with van der Waals surface area (Å²) in [5, 5.41) is 0. The van der Waals surface area contributed by atoms with E-state index in [0.29, 0.717) is 0 Å². The van der Waals surface area contributed by atoms with Gasteiger partial charge in [-0.1, -0.05) is 73.9 Å². The highest BCUT2D eigenvalue weighted by atomic mass is 14.9. The first-order valence-corrected chi connectivity index (χ1v) is 6.50. The third-order valence-corrected chi connectivity index (χ3v) is 2.87. The fraction of sp³-hybridized carbons (Fsp3) is 0.0556. The summed E-state index contributed by atoms with van der Waals surface area (Å²) < 4.78 is 0. The van der Waals surface area contributed by atoms with Crippen molar-refractivity contribution in [2.45, 2.75) is 6.92 Å². The Hall–Kier alpha value is -2.61. The van der Waals surface area contributed by atoms with Gasteiger partial charge in [-0.15, -0.1) is 0 Å². The van der Waals surface area contributed by atoms with E-state index in [1.807, 2.05) is 43.4 Å². The van der Waals surface area contributed by atoms with E-state index in [4.69, 9.17) is 0 Å². The Morgan fingerprint density at radius 2 is 1.90 bits per heavy atom. The van der Waals surface area contributed by atoms with E-state index in [-0.39, 0.29) is 0 Å². The molecule has 20 heavy (non-hydrogen) atoms. The maximum Gasteiger partial charge on any atom is 0.104 e. The summed E-state index contributed by atoms with van der Waals surface area (Å²) in [5.74, 6) is 0.890. The Balaban J connectivity index is 2.56. The van der Waals surface area contributed by atoms with Crippen LogP contribution >= 0.6 is 0 Å². The number of H-pyrrole nitrogens is 1. The molecular formula is C18H18N2. The molecule has 0 aliphatic carbocycles. The Labute approximate surface area is 119 Å². The van der Waals surface area contributed by atoms with Crippen LogP contribution < -0.4 is 0 Å². The first kappa shape index (κ1) is 13.8. The summed E-state index contributed by atoms with van der Waals surface area (Å²) in [6.45, 7) is 9.43. The van der Waals surface area contributed by atoms with Crippen molar-refractivity contribution in [1.82, 2.24) is 9.97 Å². The smallest absolute Gasteiger partial charge is 0.104 e. The van der Waals surface area contributed by atoms with Gasteiger partial charge in [-0.2, -0.15) is 0 Å². The largest absolute Gasteiger partial charge is 0.342 e. The molecule has 2 aromatic rings. The van der Waals surface area contributed by atoms with Gasteiger partial charge in [0.1, 0.15) is 5.82 Å². The first-order chi connectivity index (χ1) is 9.76. The average molecular weight is 262 g/mol. The van der Waals surface area contributed by atoms with Crippen molar-refractivity contribution in [3.63, 3.8) is 0 Å². The Bertz CT molecular complexity index is 658. The van der Waals surface area contributed by atoms with Crippen LogP contribution in [0.15, 0.2) is 73.9 Å². The highest BCUT2D eigenvalue weighted by molar-refractivity contribution is 5.82. The zero-order valence-corrected chi connectivity index (χ0v) is 11.6. The minimum Gasteiger partial charge on any atom is -0.342 e. The summed E-state index contributed by atoms with van der Waals surface area (Å²) in [5.41, 5.74) is 4.06. The molecule has 0 amide bonds. The number of nitrogens with one attached hydrogen (secondary N) is 1. The van der Waals surface area contributed by atoms with Gasteiger partial charge >= 0.3 is 0 Å². The van der Waals surface area contributed by atoms with Gasteiger partial charge in [-0.05, 0) is 6.92 Å². The lowest BCUT2D eigenvalue weighted by atomic mass is 10.0. The molecule has 2 rings (SSSR count). The van der Waals surface area contributed by atoms with E-state index in [1.165, 1.54) is 0 Å². The molecule has 1 N–H and O–H groups in total. The second-order valence-corrected chi connectivity index (χ2v) is 4.36. The molecule has 0 unspecified atom stereocenters. The molecule has 0 aliphatic rings. The van der Waals surface area contributed by atoms with Crippen LogP contribution in [0.4, 0.5) is 0 Å². The molecule has 0 bridgehead atoms. The van der Waals surface area contributed by atoms with Crippen molar-refractivity contribution < 1.29 is 0 Å². The number of benzene rings is 1. The number of imidazole rings is 1. The van der Waals surface area contributed by atoms with Crippen molar-refractivity contribution in [2.24, 2.45) is 0 Å². The number of rotatable bonds is 5. The second kappa shape index (κ2) is 6.53. The van der Waals surface area contributed by atoms with Gasteiger partial charge in [-0.25, -0.2) is 4.98 Å². The average Bonchev–Trinajstić information content (AvgIpc) is 2.86. The van der Waals surface area contributed by atoms with Crippen molar-refractivity contribution >= 4 is 5.57 Å². The topological polar surface area (TPSA) is 28.7 Å². The highest BCUT2D eigenvalue weighted by Crippen LogP contribution is 2.27. The molecule has 0 spiro atoms. The van der Waals surface area contributed by atoms with E-state index in [2.05, 4.69) is 35.3 Å². The summed E-state index contributed by atoms with van der Waals surface area (Å²) >= 11 is 0. The quantitative estimate of drug-likeness (QED) is 0.777. The van der Waals surface area contributed by atoms with E-state index < -0.39 is 0 Å². The lowest BCUT2D eigenvalue weighted by Crippen LogP contribution is -1.87. The van der Waals surface area contributed by atoms with Gasteiger partial charge in [0.2, 0.25) is 0 Å². The zero-order valence-electron chi connectivity index (χ0n) is 11.6. The third kappa shape index (κ3) is 3.04. The maximum absolute atomic E-state index is 4.60. The van der Waals surface area contributed by atoms with Crippen LogP contribution in [0.25, 0.3) is 16.8 Å². The predicted molar refractivity (Wildman–Crippen MR) is 86.3 cm³/mol. The van der Waals surface area contributed by atoms with Crippen LogP contribution in [0.3, 0.4) is 0 Å². The molecule has 0 fully saturated rings. The molecule has 1 aromatic heterocycles. The summed E-state index contributed by atoms with van der Waals surface area (Å²) in [7, 11) is 0. The van der Waals surface area contributed by atoms with Crippen molar-refractivity contribution in [3.05, 3.63) is 85.4 Å². The van der Waals surface area contributed by atoms with Gasteiger partial charge in [-0.3, -0.25) is 0 Å². The monoisotopic (exact) mass is 262 g/mol. The second-order valence-electron chi connectivity index (χ2n) is 4.36. The lowest BCUT2D eigenvalue weighted by molar-refractivity contribution is 1.14. The van der Waals surface area contributed by atoms with Crippen LogP contribution in [-0.2, 0) is 0 Å². The molecule has 100 valence electrons. The number of aromatic amines is 1. The number of allylic oxidation sites excluding steroid dienone is 6. The van der Waals surface area contributed by atoms with Gasteiger partial charge in [0.05, 0.1) is 11.4 Å². The van der Waals surface area contributed by atoms with E-state index in [9.17, 15) is 0 Å². The molecule has 1 aromatic carbocycles. The zero-order chi connectivity index (χ0) is 14.4. The van der Waals surface area contributed by atoms with Crippen LogP contribution in [-0.4, -0.2) is 9.97 Å². The van der Waals surface area contributed by atoms with Crippen LogP contribution in [0.5, 0.6) is 0 Å². The first-order valence-electron chi connectivity index (χ1n) is 6.50. The SMILES string of the molecule is C=C/C=C\C(=C/C=C)c1nc(C)[nH]c1-c1ccccc1. The number of aryl methyl sites for hydroxylation is 1. The van der Waals surface area contributed by atoms with Gasteiger partial charge in [0, 0.05) is 11.1 Å². The fourth-order valence-electron chi connectivity index (χ4n) is 2.03. The molecule has 2 heteroatoms. The van der Waals surface area contributed by atoms with Crippen molar-refractivity contribution in [3.8, 4) is 11.3 Å². The summed E-state index contributed by atoms with van der Waals surface area (Å²) in [6.07, 6.45) is 9.34. The van der Waals surface area contributed by atoms with Gasteiger partial charge in [0.25, 0.3) is 0 Å². The normalized spacial score (nSPS) is 11.8. The molecular weight excluding hydrogens is 244 g/mol. The van der Waals surface area contributed by atoms with E-state index in [1.54, 1.807) is 12.2 Å². The van der Waals surface area contributed by atoms with Crippen LogP contribution in [0.2, 0.25) is 0 Å². The Kier molecular flexibility index (Phi) is 4.51. The maximum atomic E-state index is 4.60. The Morgan fingerprint density at radius 3 is 2.55 bits per heavy atom. The molecule has 1 heterocycles. The number of nitrogens with zero attached hydrogens (tertiary/aromatic N) is 1. The van der Waals surface area contributed by atoms with Gasteiger partial charge < -0.3 is 4.98 Å². The van der Waals surface area contributed by atoms with Crippen LogP contribution in [0, 0.1) is 6.92 Å². The fourth-order valence-corrected chi connectivity index (χ4v) is 2.03. The predicted octanol–water partition coefficient (Wildman–Crippen LogP) is 4.70. The summed E-state index contributed by atoms with van der Waals surface area (Å²) in [4.78, 5) is 7.93. The van der Waals surface area contributed by atoms with Crippen molar-refractivity contribution in [2.75, 3.05) is 0 Å². The molecule has 0 aliphatic heterocycles. The van der Waals surface area contributed by atoms with Gasteiger partial charge in [0.15, 0.2) is 0 Å². The third-order valence-electron chi connectivity index (χ3n) is 2.87.